The first kappa shape index (κ1) is 12.9. The molecule has 1 aromatic carbocycles. The summed E-state index contributed by atoms with van der Waals surface area (Å²) in [5.41, 5.74) is 0.811. The van der Waals surface area contributed by atoms with Gasteiger partial charge in [0.05, 0.1) is 0 Å². The molecule has 0 radical (unpaired) electrons. The van der Waals surface area contributed by atoms with E-state index in [1.165, 1.54) is 9.99 Å². The largest absolute Gasteiger partial charge is 0.336 e. The molecule has 0 spiro atoms. The molecular weight excluding hydrogens is 325 g/mol. The van der Waals surface area contributed by atoms with Crippen molar-refractivity contribution in [2.75, 3.05) is 6.54 Å². The first-order valence-corrected chi connectivity index (χ1v) is 7.24. The van der Waals surface area contributed by atoms with E-state index in [-0.39, 0.29) is 5.91 Å². The third-order valence-corrected chi connectivity index (χ3v) is 4.44. The summed E-state index contributed by atoms with van der Waals surface area (Å²) in [6, 6.07) is 8.19. The summed E-state index contributed by atoms with van der Waals surface area (Å²) < 4.78 is 1.17. The van der Waals surface area contributed by atoms with Crippen LogP contribution in [0.5, 0.6) is 0 Å². The summed E-state index contributed by atoms with van der Waals surface area (Å²) in [5, 5.41) is 0. The number of benzene rings is 1. The average Bonchev–Trinajstić information content (AvgIpc) is 2.33. The lowest BCUT2D eigenvalue weighted by Crippen LogP contribution is -2.46. The van der Waals surface area contributed by atoms with Crippen LogP contribution in [0.2, 0.25) is 0 Å². The highest BCUT2D eigenvalue weighted by Crippen LogP contribution is 2.24. The van der Waals surface area contributed by atoms with Crippen LogP contribution in [-0.2, 0) is 0 Å². The van der Waals surface area contributed by atoms with Crippen molar-refractivity contribution < 1.29 is 4.79 Å². The molecule has 1 aliphatic rings. The van der Waals surface area contributed by atoms with Crippen LogP contribution in [-0.4, -0.2) is 23.4 Å². The highest BCUT2D eigenvalue weighted by molar-refractivity contribution is 14.1. The Balaban J connectivity index is 2.16. The number of carbonyl (C=O) groups is 1. The van der Waals surface area contributed by atoms with E-state index in [4.69, 9.17) is 0 Å². The van der Waals surface area contributed by atoms with Gasteiger partial charge in [0.2, 0.25) is 0 Å². The maximum absolute atomic E-state index is 12.4. The molecule has 2 atom stereocenters. The molecule has 17 heavy (non-hydrogen) atoms. The van der Waals surface area contributed by atoms with Gasteiger partial charge in [-0.3, -0.25) is 4.79 Å². The Morgan fingerprint density at radius 2 is 1.94 bits per heavy atom. The van der Waals surface area contributed by atoms with Crippen LogP contribution in [0.3, 0.4) is 0 Å². The fraction of sp³-hybridized carbons (Fsp3) is 0.500. The Bertz CT molecular complexity index is 401. The van der Waals surface area contributed by atoms with Gasteiger partial charge in [-0.2, -0.15) is 0 Å². The zero-order valence-electron chi connectivity index (χ0n) is 10.3. The second kappa shape index (κ2) is 5.38. The summed E-state index contributed by atoms with van der Waals surface area (Å²) in [7, 11) is 0. The molecule has 0 bridgehead atoms. The lowest BCUT2D eigenvalue weighted by atomic mass is 9.91. The minimum Gasteiger partial charge on any atom is -0.336 e. The molecule has 1 aromatic rings. The lowest BCUT2D eigenvalue weighted by molar-refractivity contribution is 0.0551. The highest BCUT2D eigenvalue weighted by atomic mass is 127. The Hall–Kier alpha value is -0.580. The van der Waals surface area contributed by atoms with Crippen molar-refractivity contribution in [3.63, 3.8) is 0 Å². The average molecular weight is 343 g/mol. The molecule has 0 aliphatic carbocycles. The molecule has 3 heteroatoms. The number of rotatable bonds is 1. The first-order chi connectivity index (χ1) is 8.09. The van der Waals surface area contributed by atoms with Gasteiger partial charge in [0.25, 0.3) is 5.91 Å². The molecule has 0 aromatic heterocycles. The number of halogens is 1. The minimum absolute atomic E-state index is 0.181. The third kappa shape index (κ3) is 2.81. The van der Waals surface area contributed by atoms with Crippen LogP contribution >= 0.6 is 22.6 Å². The van der Waals surface area contributed by atoms with E-state index in [0.29, 0.717) is 12.0 Å². The lowest BCUT2D eigenvalue weighted by Gasteiger charge is -2.38. The molecule has 2 unspecified atom stereocenters. The molecule has 1 fully saturated rings. The predicted molar refractivity (Wildman–Crippen MR) is 78.1 cm³/mol. The first-order valence-electron chi connectivity index (χ1n) is 6.16. The van der Waals surface area contributed by atoms with Gasteiger partial charge < -0.3 is 4.90 Å². The van der Waals surface area contributed by atoms with Gasteiger partial charge in [-0.25, -0.2) is 0 Å². The third-order valence-electron chi connectivity index (χ3n) is 3.73. The number of likely N-dealkylation sites (tertiary alicyclic amines) is 1. The van der Waals surface area contributed by atoms with Crippen LogP contribution in [0.4, 0.5) is 0 Å². The molecule has 1 saturated heterocycles. The second-order valence-corrected chi connectivity index (χ2v) is 6.11. The van der Waals surface area contributed by atoms with E-state index in [1.54, 1.807) is 0 Å². The van der Waals surface area contributed by atoms with Crippen molar-refractivity contribution in [3.05, 3.63) is 33.4 Å². The number of carbonyl (C=O) groups excluding carboxylic acids is 1. The summed E-state index contributed by atoms with van der Waals surface area (Å²) in [5.74, 6) is 0.789. The van der Waals surface area contributed by atoms with Gasteiger partial charge in [0.15, 0.2) is 0 Å². The molecule has 0 saturated carbocycles. The molecule has 0 N–H and O–H groups in total. The Kier molecular flexibility index (Phi) is 4.07. The summed E-state index contributed by atoms with van der Waals surface area (Å²) in [4.78, 5) is 14.4. The minimum atomic E-state index is 0.181. The van der Waals surface area contributed by atoms with Crippen molar-refractivity contribution in [1.29, 1.82) is 0 Å². The van der Waals surface area contributed by atoms with Gasteiger partial charge in [-0.15, -0.1) is 0 Å². The van der Waals surface area contributed by atoms with E-state index in [9.17, 15) is 4.79 Å². The number of piperidine rings is 1. The second-order valence-electron chi connectivity index (χ2n) is 4.87. The monoisotopic (exact) mass is 343 g/mol. The Labute approximate surface area is 117 Å². The van der Waals surface area contributed by atoms with Gasteiger partial charge in [-0.05, 0) is 72.5 Å². The molecule has 1 heterocycles. The molecule has 1 amide bonds. The van der Waals surface area contributed by atoms with E-state index in [0.717, 1.165) is 18.5 Å². The zero-order chi connectivity index (χ0) is 12.4. The summed E-state index contributed by atoms with van der Waals surface area (Å²) >= 11 is 2.26. The molecule has 2 rings (SSSR count). The topological polar surface area (TPSA) is 20.3 Å². The van der Waals surface area contributed by atoms with Crippen LogP contribution < -0.4 is 0 Å². The van der Waals surface area contributed by atoms with E-state index < -0.39 is 0 Å². The van der Waals surface area contributed by atoms with Crippen molar-refractivity contribution in [2.24, 2.45) is 5.92 Å². The normalized spacial score (nSPS) is 24.8. The van der Waals surface area contributed by atoms with E-state index in [2.05, 4.69) is 36.4 Å². The predicted octanol–water partition coefficient (Wildman–Crippen LogP) is 3.55. The van der Waals surface area contributed by atoms with Crippen molar-refractivity contribution in [2.45, 2.75) is 32.7 Å². The zero-order valence-corrected chi connectivity index (χ0v) is 12.5. The fourth-order valence-electron chi connectivity index (χ4n) is 2.38. The highest BCUT2D eigenvalue weighted by Gasteiger charge is 2.28. The van der Waals surface area contributed by atoms with Gasteiger partial charge in [-0.1, -0.05) is 6.92 Å². The van der Waals surface area contributed by atoms with Crippen molar-refractivity contribution in [3.8, 4) is 0 Å². The quantitative estimate of drug-likeness (QED) is 0.714. The van der Waals surface area contributed by atoms with E-state index in [1.807, 2.05) is 29.2 Å². The molecular formula is C14H18INO. The summed E-state index contributed by atoms with van der Waals surface area (Å²) in [6.45, 7) is 5.29. The van der Waals surface area contributed by atoms with Gasteiger partial charge in [0, 0.05) is 21.7 Å². The Morgan fingerprint density at radius 3 is 2.59 bits per heavy atom. The maximum atomic E-state index is 12.4. The van der Waals surface area contributed by atoms with Crippen LogP contribution in [0, 0.1) is 9.49 Å². The number of hydrogen-bond donors (Lipinski definition) is 0. The van der Waals surface area contributed by atoms with Crippen LogP contribution in [0.1, 0.15) is 37.0 Å². The number of hydrogen-bond acceptors (Lipinski definition) is 1. The molecule has 92 valence electrons. The number of nitrogens with zero attached hydrogens (tertiary/aromatic N) is 1. The smallest absolute Gasteiger partial charge is 0.254 e. The van der Waals surface area contributed by atoms with Crippen molar-refractivity contribution in [1.82, 2.24) is 4.90 Å². The fourth-order valence-corrected chi connectivity index (χ4v) is 2.74. The maximum Gasteiger partial charge on any atom is 0.254 e. The van der Waals surface area contributed by atoms with Crippen molar-refractivity contribution >= 4 is 28.5 Å². The van der Waals surface area contributed by atoms with Gasteiger partial charge >= 0.3 is 0 Å². The molecule has 2 nitrogen and oxygen atoms in total. The Morgan fingerprint density at radius 1 is 1.29 bits per heavy atom. The van der Waals surface area contributed by atoms with Crippen LogP contribution in [0.25, 0.3) is 0 Å². The van der Waals surface area contributed by atoms with E-state index >= 15 is 0 Å². The number of amides is 1. The summed E-state index contributed by atoms with van der Waals surface area (Å²) in [6.07, 6.45) is 2.36. The SMILES string of the molecule is CC1CCCN(C(=O)c2ccc(I)cc2)C1C. The van der Waals surface area contributed by atoms with Crippen LogP contribution in [0.15, 0.2) is 24.3 Å². The molecule has 1 aliphatic heterocycles. The van der Waals surface area contributed by atoms with Gasteiger partial charge in [0.1, 0.15) is 0 Å². The standard InChI is InChI=1S/C14H18INO/c1-10-4-3-9-16(11(10)2)14(17)12-5-7-13(15)8-6-12/h5-8,10-11H,3-4,9H2,1-2H3.